The Hall–Kier alpha value is -9.58. The Morgan fingerprint density at radius 3 is 1.86 bits per heavy atom. The van der Waals surface area contributed by atoms with Crippen LogP contribution in [0.1, 0.15) is 203 Å². The number of carbonyl (C=O) groups excluding carboxylic acids is 7. The minimum atomic E-state index is -4.49. The van der Waals surface area contributed by atoms with Gasteiger partial charge in [0.25, 0.3) is 26.1 Å². The van der Waals surface area contributed by atoms with Crippen LogP contribution >= 0.6 is 0 Å². The van der Waals surface area contributed by atoms with Gasteiger partial charge in [-0.05, 0) is 136 Å². The third-order valence-corrected chi connectivity index (χ3v) is 20.4. The monoisotopic (exact) mass is 1540 g/mol. The number of ketones is 2. The van der Waals surface area contributed by atoms with Crippen LogP contribution < -0.4 is 26.2 Å². The first kappa shape index (κ1) is 88.1. The molecule has 4 aromatic rings. The van der Waals surface area contributed by atoms with E-state index in [4.69, 9.17) is 32.1 Å². The molecule has 2 atom stereocenters. The molecule has 7 rings (SSSR count). The first-order valence-electron chi connectivity index (χ1n) is 35.8. The third-order valence-electron chi connectivity index (χ3n) is 18.7. The van der Waals surface area contributed by atoms with E-state index in [1.165, 1.54) is 12.1 Å². The number of Topliss-reactive ketones (excluding diaryl/α,β-unsaturated/α-hetero) is 2. The highest BCUT2D eigenvalue weighted by molar-refractivity contribution is 7.86. The zero-order valence-corrected chi connectivity index (χ0v) is 63.8. The molecule has 0 unspecified atom stereocenters. The summed E-state index contributed by atoms with van der Waals surface area (Å²) in [7, 11) is -12.1. The molecule has 4 aromatic carbocycles. The summed E-state index contributed by atoms with van der Waals surface area (Å²) in [6.07, 6.45) is 19.4. The fraction of sp³-hybridized carbons (Fsp3) is 0.468. The fourth-order valence-electron chi connectivity index (χ4n) is 13.1. The summed E-state index contributed by atoms with van der Waals surface area (Å²) >= 11 is 0. The lowest BCUT2D eigenvalue weighted by atomic mass is 9.81. The lowest BCUT2D eigenvalue weighted by Crippen LogP contribution is -2.46. The van der Waals surface area contributed by atoms with Crippen molar-refractivity contribution in [1.82, 2.24) is 21.3 Å². The predicted octanol–water partition coefficient (Wildman–Crippen LogP) is 10.8. The maximum atomic E-state index is 13.9. The summed E-state index contributed by atoms with van der Waals surface area (Å²) in [5.74, 6) is -2.65. The fourth-order valence-corrected chi connectivity index (χ4v) is 14.1. The van der Waals surface area contributed by atoms with E-state index in [-0.39, 0.29) is 78.1 Å². The topological polar surface area (TPSA) is 418 Å². The van der Waals surface area contributed by atoms with E-state index in [9.17, 15) is 64.6 Å². The number of urea groups is 1. The van der Waals surface area contributed by atoms with Gasteiger partial charge in [-0.25, -0.2) is 9.59 Å². The number of anilines is 1. The normalized spacial score (nSPS) is 15.5. The Labute approximate surface area is 627 Å². The second-order valence-electron chi connectivity index (χ2n) is 27.2. The Morgan fingerprint density at radius 2 is 1.24 bits per heavy atom. The summed E-state index contributed by atoms with van der Waals surface area (Å²) in [5, 5.41) is 28.7. The van der Waals surface area contributed by atoms with Gasteiger partial charge in [0.1, 0.15) is 24.1 Å². The Balaban J connectivity index is 0.00000281. The van der Waals surface area contributed by atoms with Crippen molar-refractivity contribution in [3.05, 3.63) is 160 Å². The second-order valence-corrected chi connectivity index (χ2v) is 30.5. The average molecular weight is 1540 g/mol. The molecule has 3 heterocycles. The van der Waals surface area contributed by atoms with Crippen molar-refractivity contribution in [2.45, 2.75) is 209 Å². The number of aliphatic carboxylic acids is 2. The van der Waals surface area contributed by atoms with Gasteiger partial charge in [-0.2, -0.15) is 31.0 Å². The molecule has 4 amide bonds. The zero-order valence-electron chi connectivity index (χ0n) is 61.4. The van der Waals surface area contributed by atoms with Crippen LogP contribution in [0.2, 0.25) is 0 Å². The van der Waals surface area contributed by atoms with Crippen molar-refractivity contribution in [2.75, 3.05) is 37.7 Å². The van der Waals surface area contributed by atoms with Crippen molar-refractivity contribution in [2.24, 2.45) is 0 Å². The van der Waals surface area contributed by atoms with Crippen LogP contribution in [0.5, 0.6) is 0 Å². The number of carboxylic acids is 2. The molecular weight excluding hydrogens is 1440 g/mol. The summed E-state index contributed by atoms with van der Waals surface area (Å²) in [6, 6.07) is 23.2. The molecular formula is C77H99N6O21S3+. The molecule has 0 aliphatic carbocycles. The van der Waals surface area contributed by atoms with Crippen LogP contribution in [0.25, 0.3) is 5.57 Å². The predicted molar refractivity (Wildman–Crippen MR) is 399 cm³/mol. The molecule has 0 saturated heterocycles. The van der Waals surface area contributed by atoms with E-state index < -0.39 is 78.1 Å². The molecule has 30 heteroatoms. The van der Waals surface area contributed by atoms with Gasteiger partial charge in [0.05, 0.1) is 27.9 Å². The standard InChI is InChI=1S/C76H98N6O16S2.CO2.O3S/c1-7-9-20-47-82-64-38-35-58(100(95,96)97)51-60(64)76(5,6)68(82)41-39-66-71(54(43-48-98-66)33-40-67-75(3,4)59-50-57(99(92,93)94)34-37-63(59)81(67)46-10-8-2)53-29-31-55(32-30-53)72(88)77-44-22-27-65(84)62(49-52-23-16-15-17-24-52)79-69(85)28-19-14-12-11-13-18-25-56(83)26-21-45-78-74(91)80-61(73(89)90)36-42-70(86)87;2-1-3;1-4(2)3/h15-17,23-24,29-35,37-41,50-51,61-62H,7-14,18-22,25-28,36,42-49H2,1-6H3,(H7-,77,78,79,80,85,86,87,88,89,90,91,92,93,94,95,96,97);;/p+1/t61-,62+;;/m1../s1. The van der Waals surface area contributed by atoms with Gasteiger partial charge in [-0.3, -0.25) is 33.1 Å². The van der Waals surface area contributed by atoms with E-state index in [1.54, 1.807) is 36.4 Å². The van der Waals surface area contributed by atoms with Crippen molar-refractivity contribution in [3.63, 3.8) is 0 Å². The minimum absolute atomic E-state index is 0.0462. The van der Waals surface area contributed by atoms with Crippen LogP contribution in [-0.2, 0) is 86.4 Å². The third kappa shape index (κ3) is 27.3. The molecule has 580 valence electrons. The van der Waals surface area contributed by atoms with Crippen molar-refractivity contribution in [1.29, 1.82) is 0 Å². The molecule has 8 N–H and O–H groups in total. The maximum Gasteiger partial charge on any atom is 0.425 e. The lowest BCUT2D eigenvalue weighted by molar-refractivity contribution is -0.438. The molecule has 3 aliphatic heterocycles. The van der Waals surface area contributed by atoms with Crippen LogP contribution in [0.15, 0.2) is 142 Å². The highest BCUT2D eigenvalue weighted by Gasteiger charge is 2.45. The number of nitrogens with one attached hydrogen (secondary N) is 4. The Kier molecular flexibility index (Phi) is 35.1. The van der Waals surface area contributed by atoms with Gasteiger partial charge < -0.3 is 41.1 Å². The van der Waals surface area contributed by atoms with Gasteiger partial charge in [0.2, 0.25) is 11.6 Å². The molecule has 27 nitrogen and oxygen atoms in total. The number of unbranched alkanes of at least 4 members (excludes halogenated alkanes) is 8. The quantitative estimate of drug-likeness (QED) is 0.0116. The average Bonchev–Trinajstić information content (AvgIpc) is 1.59. The summed E-state index contributed by atoms with van der Waals surface area (Å²) in [4.78, 5) is 106. The van der Waals surface area contributed by atoms with Crippen LogP contribution in [0.3, 0.4) is 0 Å². The number of carboxylic acid groups (broad SMARTS) is 2. The zero-order chi connectivity index (χ0) is 79.1. The van der Waals surface area contributed by atoms with E-state index in [2.05, 4.69) is 56.7 Å². The smallest absolute Gasteiger partial charge is 0.425 e. The second kappa shape index (κ2) is 42.7. The van der Waals surface area contributed by atoms with Crippen molar-refractivity contribution < 1.29 is 101 Å². The highest BCUT2D eigenvalue weighted by atomic mass is 32.2. The number of rotatable bonds is 40. The van der Waals surface area contributed by atoms with E-state index in [1.807, 2.05) is 82.3 Å². The van der Waals surface area contributed by atoms with Gasteiger partial charge in [-0.1, -0.05) is 121 Å². The van der Waals surface area contributed by atoms with Crippen LogP contribution in [-0.4, -0.2) is 151 Å². The maximum absolute atomic E-state index is 13.9. The van der Waals surface area contributed by atoms with E-state index >= 15 is 0 Å². The lowest BCUT2D eigenvalue weighted by Gasteiger charge is -2.28. The van der Waals surface area contributed by atoms with Gasteiger partial charge in [0, 0.05) is 110 Å². The first-order valence-corrected chi connectivity index (χ1v) is 39.7. The van der Waals surface area contributed by atoms with Crippen LogP contribution in [0.4, 0.5) is 16.2 Å². The Morgan fingerprint density at radius 1 is 0.654 bits per heavy atom. The molecule has 0 radical (unpaired) electrons. The SMILES string of the molecule is CCCCCN1C(=CC=C2OCCC(C=CC3=[N+](CCCC)c4ccc(S(=O)(=O)O)cc4C3(C)C)=C2c2ccc(C(=O)NCCCC(=O)[C@H](Cc3ccccc3)NC(=O)CCCCCCCCC(=O)CCCNC(=O)N[C@H](CCC(=O)O)C(=O)O)cc2)C(C)(C)c2cc(S(=O)(=O)O)ccc21.O=C=O.O=S(=O)=O. The number of allylic oxidation sites excluding steroid dienone is 6. The number of amides is 4. The first-order chi connectivity index (χ1) is 50.7. The molecule has 0 fully saturated rings. The Bertz CT molecular complexity index is 4360. The van der Waals surface area contributed by atoms with Gasteiger partial charge >= 0.3 is 34.7 Å². The number of hydrogen-bond acceptors (Lipinski definition) is 18. The molecule has 3 aliphatic rings. The number of ether oxygens (including phenoxy) is 1. The number of fused-ring (bicyclic) bond motifs is 2. The number of hydrogen-bond donors (Lipinski definition) is 8. The van der Waals surface area contributed by atoms with Crippen molar-refractivity contribution >= 4 is 101 Å². The number of nitrogens with zero attached hydrogens (tertiary/aromatic N) is 2. The summed E-state index contributed by atoms with van der Waals surface area (Å²) in [5.41, 5.74) is 7.39. The summed E-state index contributed by atoms with van der Waals surface area (Å²) < 4.78 is 104. The van der Waals surface area contributed by atoms with Crippen LogP contribution in [0, 0.1) is 0 Å². The van der Waals surface area contributed by atoms with Crippen molar-refractivity contribution in [3.8, 4) is 0 Å². The van der Waals surface area contributed by atoms with Gasteiger partial charge in [-0.15, -0.1) is 12.6 Å². The molecule has 0 aromatic heterocycles. The largest absolute Gasteiger partial charge is 0.493 e. The molecule has 107 heavy (non-hydrogen) atoms. The molecule has 0 spiro atoms. The highest BCUT2D eigenvalue weighted by Crippen LogP contribution is 2.49. The molecule has 0 saturated carbocycles. The number of benzene rings is 4. The number of carbonyl (C=O) groups is 7. The molecule has 0 bridgehead atoms. The minimum Gasteiger partial charge on any atom is -0.493 e. The summed E-state index contributed by atoms with van der Waals surface area (Å²) in [6.45, 7) is 14.3. The van der Waals surface area contributed by atoms with E-state index in [0.717, 1.165) is 114 Å². The van der Waals surface area contributed by atoms with E-state index in [0.29, 0.717) is 76.0 Å². The van der Waals surface area contributed by atoms with Gasteiger partial charge in [0.15, 0.2) is 11.5 Å².